The third kappa shape index (κ3) is 2.82. The van der Waals surface area contributed by atoms with Crippen LogP contribution in [-0.2, 0) is 6.42 Å². The lowest BCUT2D eigenvalue weighted by Gasteiger charge is -2.09. The van der Waals surface area contributed by atoms with Gasteiger partial charge in [-0.1, -0.05) is 13.0 Å². The number of hydrogen-bond acceptors (Lipinski definition) is 5. The number of thiophene rings is 1. The number of anilines is 3. The summed E-state index contributed by atoms with van der Waals surface area (Å²) in [5.41, 5.74) is 15.8. The minimum absolute atomic E-state index is 0.626. The van der Waals surface area contributed by atoms with Gasteiger partial charge in [0.2, 0.25) is 0 Å². The van der Waals surface area contributed by atoms with Crippen LogP contribution < -0.4 is 16.2 Å². The third-order valence-electron chi connectivity index (χ3n) is 3.22. The van der Waals surface area contributed by atoms with Crippen LogP contribution in [0.2, 0.25) is 0 Å². The van der Waals surface area contributed by atoms with Crippen LogP contribution in [0.15, 0.2) is 23.1 Å². The van der Waals surface area contributed by atoms with Crippen molar-refractivity contribution in [2.24, 2.45) is 0 Å². The first-order chi connectivity index (χ1) is 9.04. The minimum Gasteiger partial charge on any atom is -0.397 e. The van der Waals surface area contributed by atoms with Gasteiger partial charge in [-0.05, 0) is 55.5 Å². The van der Waals surface area contributed by atoms with Crippen LogP contribution in [-0.4, -0.2) is 0 Å². The molecule has 5 N–H and O–H groups in total. The molecule has 0 aliphatic carbocycles. The molecular weight excluding hydrogens is 274 g/mol. The molecule has 3 nitrogen and oxygen atoms in total. The fourth-order valence-electron chi connectivity index (χ4n) is 1.93. The molecule has 0 aliphatic rings. The molecule has 2 rings (SSSR count). The Morgan fingerprint density at radius 2 is 2.00 bits per heavy atom. The lowest BCUT2D eigenvalue weighted by atomic mass is 10.1. The Kier molecular flexibility index (Phi) is 4.27. The van der Waals surface area contributed by atoms with E-state index in [9.17, 15) is 0 Å². The molecular formula is C14H19N3S2. The van der Waals surface area contributed by atoms with Gasteiger partial charge in [-0.3, -0.25) is 0 Å². The number of rotatable bonds is 4. The normalized spacial score (nSPS) is 10.7. The zero-order chi connectivity index (χ0) is 14.0. The van der Waals surface area contributed by atoms with Gasteiger partial charge in [-0.15, -0.1) is 11.3 Å². The van der Waals surface area contributed by atoms with Gasteiger partial charge in [0.25, 0.3) is 0 Å². The molecule has 0 fully saturated rings. The van der Waals surface area contributed by atoms with E-state index in [0.717, 1.165) is 11.3 Å². The standard InChI is InChI=1S/C14H19N3S2/c1-4-10-8(2)9(3)18-14(10)17-19-12-7-5-6-11(15)13(12)16/h5-7,17H,4,15-16H2,1-3H3. The number of benzene rings is 1. The molecule has 0 radical (unpaired) electrons. The minimum atomic E-state index is 0.626. The number of para-hydroxylation sites is 1. The average Bonchev–Trinajstić information content (AvgIpc) is 2.66. The zero-order valence-corrected chi connectivity index (χ0v) is 13.0. The highest BCUT2D eigenvalue weighted by atomic mass is 32.2. The Balaban J connectivity index is 2.19. The van der Waals surface area contributed by atoms with Crippen LogP contribution in [0, 0.1) is 13.8 Å². The number of nitrogens with two attached hydrogens (primary N) is 2. The molecule has 1 aromatic heterocycles. The van der Waals surface area contributed by atoms with E-state index >= 15 is 0 Å². The van der Waals surface area contributed by atoms with Crippen LogP contribution in [0.3, 0.4) is 0 Å². The van der Waals surface area contributed by atoms with E-state index in [4.69, 9.17) is 11.5 Å². The Labute approximate surface area is 122 Å². The predicted molar refractivity (Wildman–Crippen MR) is 87.9 cm³/mol. The van der Waals surface area contributed by atoms with Crippen molar-refractivity contribution in [3.63, 3.8) is 0 Å². The summed E-state index contributed by atoms with van der Waals surface area (Å²) < 4.78 is 3.41. The monoisotopic (exact) mass is 293 g/mol. The first kappa shape index (κ1) is 14.1. The fourth-order valence-corrected chi connectivity index (χ4v) is 3.93. The van der Waals surface area contributed by atoms with Crippen LogP contribution in [0.25, 0.3) is 0 Å². The molecule has 5 heteroatoms. The van der Waals surface area contributed by atoms with E-state index < -0.39 is 0 Å². The fraction of sp³-hybridized carbons (Fsp3) is 0.286. The van der Waals surface area contributed by atoms with Crippen LogP contribution in [0.4, 0.5) is 16.4 Å². The summed E-state index contributed by atoms with van der Waals surface area (Å²) in [6.07, 6.45) is 1.03. The number of nitrogens with one attached hydrogen (secondary N) is 1. The van der Waals surface area contributed by atoms with Crippen molar-refractivity contribution in [3.05, 3.63) is 34.2 Å². The van der Waals surface area contributed by atoms with Crippen molar-refractivity contribution in [2.75, 3.05) is 16.2 Å². The Bertz CT molecular complexity index is 591. The second-order valence-corrected chi connectivity index (χ2v) is 6.48. The highest BCUT2D eigenvalue weighted by molar-refractivity contribution is 8.01. The second-order valence-electron chi connectivity index (χ2n) is 4.41. The molecule has 2 aromatic rings. The van der Waals surface area contributed by atoms with E-state index in [1.54, 1.807) is 11.3 Å². The van der Waals surface area contributed by atoms with E-state index in [1.165, 1.54) is 33.0 Å². The lowest BCUT2D eigenvalue weighted by Crippen LogP contribution is -1.97. The Hall–Kier alpha value is -1.33. The molecule has 0 unspecified atom stereocenters. The van der Waals surface area contributed by atoms with Gasteiger partial charge < -0.3 is 16.2 Å². The van der Waals surface area contributed by atoms with Crippen LogP contribution >= 0.6 is 23.3 Å². The third-order valence-corrected chi connectivity index (χ3v) is 5.39. The molecule has 1 aromatic carbocycles. The highest BCUT2D eigenvalue weighted by Gasteiger charge is 2.11. The predicted octanol–water partition coefficient (Wildman–Crippen LogP) is 4.21. The molecule has 0 saturated heterocycles. The molecule has 102 valence electrons. The van der Waals surface area contributed by atoms with E-state index in [-0.39, 0.29) is 0 Å². The lowest BCUT2D eigenvalue weighted by molar-refractivity contribution is 1.12. The first-order valence-electron chi connectivity index (χ1n) is 6.20. The maximum Gasteiger partial charge on any atom is 0.102 e. The summed E-state index contributed by atoms with van der Waals surface area (Å²) in [4.78, 5) is 2.33. The van der Waals surface area contributed by atoms with Crippen molar-refractivity contribution in [1.29, 1.82) is 0 Å². The van der Waals surface area contributed by atoms with Crippen molar-refractivity contribution in [1.82, 2.24) is 0 Å². The Morgan fingerprint density at radius 3 is 2.68 bits per heavy atom. The topological polar surface area (TPSA) is 64.1 Å². The summed E-state index contributed by atoms with van der Waals surface area (Å²) in [5.74, 6) is 0. The van der Waals surface area contributed by atoms with Gasteiger partial charge in [0.1, 0.15) is 5.00 Å². The van der Waals surface area contributed by atoms with Crippen LogP contribution in [0.5, 0.6) is 0 Å². The van der Waals surface area contributed by atoms with Crippen LogP contribution in [0.1, 0.15) is 22.9 Å². The summed E-state index contributed by atoms with van der Waals surface area (Å²) in [6.45, 7) is 6.51. The van der Waals surface area contributed by atoms with Gasteiger partial charge in [0.05, 0.1) is 16.3 Å². The summed E-state index contributed by atoms with van der Waals surface area (Å²) in [5, 5.41) is 1.21. The van der Waals surface area contributed by atoms with Crippen molar-refractivity contribution >= 4 is 39.7 Å². The van der Waals surface area contributed by atoms with Gasteiger partial charge in [0, 0.05) is 4.88 Å². The SMILES string of the molecule is CCc1c(NSc2cccc(N)c2N)sc(C)c1C. The van der Waals surface area contributed by atoms with Gasteiger partial charge >= 0.3 is 0 Å². The molecule has 0 aliphatic heterocycles. The largest absolute Gasteiger partial charge is 0.397 e. The molecule has 0 amide bonds. The van der Waals surface area contributed by atoms with Crippen molar-refractivity contribution in [2.45, 2.75) is 32.1 Å². The number of hydrogen-bond donors (Lipinski definition) is 3. The molecule has 19 heavy (non-hydrogen) atoms. The van der Waals surface area contributed by atoms with E-state index in [0.29, 0.717) is 11.4 Å². The van der Waals surface area contributed by atoms with Gasteiger partial charge in [-0.2, -0.15) is 0 Å². The maximum atomic E-state index is 5.97. The average molecular weight is 293 g/mol. The molecule has 0 atom stereocenters. The molecule has 0 bridgehead atoms. The maximum absolute atomic E-state index is 5.97. The number of nitrogen functional groups attached to an aromatic ring is 2. The second kappa shape index (κ2) is 5.75. The van der Waals surface area contributed by atoms with Crippen molar-refractivity contribution in [3.8, 4) is 0 Å². The summed E-state index contributed by atoms with van der Waals surface area (Å²) in [7, 11) is 0. The number of aryl methyl sites for hydroxylation is 1. The van der Waals surface area contributed by atoms with Gasteiger partial charge in [0.15, 0.2) is 0 Å². The first-order valence-corrected chi connectivity index (χ1v) is 7.83. The highest BCUT2D eigenvalue weighted by Crippen LogP contribution is 2.37. The molecule has 0 saturated carbocycles. The van der Waals surface area contributed by atoms with Crippen molar-refractivity contribution < 1.29 is 0 Å². The zero-order valence-electron chi connectivity index (χ0n) is 11.4. The smallest absolute Gasteiger partial charge is 0.102 e. The Morgan fingerprint density at radius 1 is 1.26 bits per heavy atom. The van der Waals surface area contributed by atoms with E-state index in [1.807, 2.05) is 18.2 Å². The van der Waals surface area contributed by atoms with Gasteiger partial charge in [-0.25, -0.2) is 0 Å². The van der Waals surface area contributed by atoms with E-state index in [2.05, 4.69) is 25.5 Å². The summed E-state index contributed by atoms with van der Waals surface area (Å²) >= 11 is 3.31. The molecule has 1 heterocycles. The quantitative estimate of drug-likeness (QED) is 0.583. The molecule has 0 spiro atoms. The summed E-state index contributed by atoms with van der Waals surface area (Å²) in [6, 6.07) is 5.71.